The molecule has 0 unspecified atom stereocenters. The van der Waals surface area contributed by atoms with Crippen LogP contribution in [0.5, 0.6) is 0 Å². The zero-order valence-corrected chi connectivity index (χ0v) is 11.6. The topological polar surface area (TPSA) is 92.4 Å². The first-order valence-corrected chi connectivity index (χ1v) is 6.93. The zero-order chi connectivity index (χ0) is 14.8. The van der Waals surface area contributed by atoms with E-state index in [1.54, 1.807) is 6.07 Å². The first-order valence-electron chi connectivity index (χ1n) is 6.93. The molecule has 0 spiro atoms. The molecule has 0 saturated heterocycles. The molecule has 0 aromatic heterocycles. The van der Waals surface area contributed by atoms with Gasteiger partial charge in [0.1, 0.15) is 0 Å². The van der Waals surface area contributed by atoms with Gasteiger partial charge in [0.25, 0.3) is 5.91 Å². The molecular formula is C15H22N2O3. The molecule has 0 aliphatic carbocycles. The number of benzene rings is 1. The van der Waals surface area contributed by atoms with Crippen LogP contribution in [0, 0.1) is 0 Å². The summed E-state index contributed by atoms with van der Waals surface area (Å²) in [5.41, 5.74) is 7.16. The summed E-state index contributed by atoms with van der Waals surface area (Å²) in [6.45, 7) is 1.08. The van der Waals surface area contributed by atoms with Crippen molar-refractivity contribution in [3.8, 4) is 0 Å². The predicted octanol–water partition coefficient (Wildman–Crippen LogP) is 1.56. The molecule has 1 rings (SSSR count). The molecule has 4 N–H and O–H groups in total. The van der Waals surface area contributed by atoms with E-state index in [4.69, 9.17) is 10.8 Å². The molecule has 110 valence electrons. The Morgan fingerprint density at radius 3 is 2.60 bits per heavy atom. The summed E-state index contributed by atoms with van der Waals surface area (Å²) in [6, 6.07) is 7.44. The van der Waals surface area contributed by atoms with Gasteiger partial charge in [0.15, 0.2) is 0 Å². The Hall–Kier alpha value is -1.88. The molecule has 0 radical (unpaired) electrons. The number of rotatable bonds is 9. The minimum atomic E-state index is -0.773. The lowest BCUT2D eigenvalue weighted by atomic mass is 10.0. The summed E-state index contributed by atoms with van der Waals surface area (Å²) in [4.78, 5) is 22.4. The van der Waals surface area contributed by atoms with E-state index in [1.807, 2.05) is 18.2 Å². The lowest BCUT2D eigenvalue weighted by Gasteiger charge is -2.09. The Balaban J connectivity index is 2.34. The number of nitrogens with two attached hydrogens (primary N) is 1. The average Bonchev–Trinajstić information content (AvgIpc) is 2.43. The maximum atomic E-state index is 12.0. The van der Waals surface area contributed by atoms with Gasteiger partial charge in [-0.2, -0.15) is 0 Å². The van der Waals surface area contributed by atoms with E-state index in [9.17, 15) is 9.59 Å². The largest absolute Gasteiger partial charge is 0.481 e. The molecule has 1 aromatic rings. The molecule has 0 bridgehead atoms. The third-order valence-corrected chi connectivity index (χ3v) is 3.03. The second-order valence-corrected chi connectivity index (χ2v) is 4.66. The van der Waals surface area contributed by atoms with E-state index in [2.05, 4.69) is 5.32 Å². The van der Waals surface area contributed by atoms with E-state index in [0.29, 0.717) is 31.5 Å². The minimum absolute atomic E-state index is 0.0905. The van der Waals surface area contributed by atoms with Crippen LogP contribution in [-0.2, 0) is 11.2 Å². The standard InChI is InChI=1S/C15H22N2O3/c16-10-9-12-6-3-4-7-13(12)15(20)17-11-5-1-2-8-14(18)19/h3-4,6-7H,1-2,5,8-11,16H2,(H,17,20)(H,18,19). The molecular weight excluding hydrogens is 256 g/mol. The highest BCUT2D eigenvalue weighted by atomic mass is 16.4. The Bertz CT molecular complexity index is 446. The van der Waals surface area contributed by atoms with Gasteiger partial charge in [0, 0.05) is 18.5 Å². The quantitative estimate of drug-likeness (QED) is 0.598. The van der Waals surface area contributed by atoms with Gasteiger partial charge in [0.05, 0.1) is 0 Å². The molecule has 0 aliphatic rings. The molecule has 20 heavy (non-hydrogen) atoms. The summed E-state index contributed by atoms with van der Waals surface area (Å²) in [5.74, 6) is -0.864. The zero-order valence-electron chi connectivity index (χ0n) is 11.6. The van der Waals surface area contributed by atoms with Crippen LogP contribution in [0.25, 0.3) is 0 Å². The van der Waals surface area contributed by atoms with Crippen LogP contribution in [-0.4, -0.2) is 30.1 Å². The highest BCUT2D eigenvalue weighted by molar-refractivity contribution is 5.95. The maximum absolute atomic E-state index is 12.0. The van der Waals surface area contributed by atoms with Crippen molar-refractivity contribution >= 4 is 11.9 Å². The number of carboxylic acid groups (broad SMARTS) is 1. The van der Waals surface area contributed by atoms with Gasteiger partial charge in [-0.1, -0.05) is 24.6 Å². The first kappa shape index (κ1) is 16.2. The number of aliphatic carboxylic acids is 1. The van der Waals surface area contributed by atoms with Crippen LogP contribution in [0.2, 0.25) is 0 Å². The van der Waals surface area contributed by atoms with Crippen molar-refractivity contribution in [3.05, 3.63) is 35.4 Å². The van der Waals surface area contributed by atoms with Crippen LogP contribution in [0.4, 0.5) is 0 Å². The fourth-order valence-electron chi connectivity index (χ4n) is 1.99. The molecule has 0 atom stereocenters. The summed E-state index contributed by atoms with van der Waals surface area (Å²) in [6.07, 6.45) is 3.11. The van der Waals surface area contributed by atoms with E-state index >= 15 is 0 Å². The van der Waals surface area contributed by atoms with E-state index in [1.165, 1.54) is 0 Å². The summed E-state index contributed by atoms with van der Waals surface area (Å²) in [5, 5.41) is 11.4. The number of carboxylic acids is 1. The fraction of sp³-hybridized carbons (Fsp3) is 0.467. The van der Waals surface area contributed by atoms with Crippen LogP contribution in [0.1, 0.15) is 41.6 Å². The molecule has 0 saturated carbocycles. The molecule has 5 nitrogen and oxygen atoms in total. The van der Waals surface area contributed by atoms with Crippen LogP contribution >= 0.6 is 0 Å². The third-order valence-electron chi connectivity index (χ3n) is 3.03. The molecule has 0 fully saturated rings. The van der Waals surface area contributed by atoms with Crippen molar-refractivity contribution in [2.45, 2.75) is 32.1 Å². The molecule has 0 aliphatic heterocycles. The van der Waals surface area contributed by atoms with E-state index in [0.717, 1.165) is 18.4 Å². The number of hydrogen-bond donors (Lipinski definition) is 3. The van der Waals surface area contributed by atoms with Crippen molar-refractivity contribution in [1.29, 1.82) is 0 Å². The highest BCUT2D eigenvalue weighted by Gasteiger charge is 2.09. The van der Waals surface area contributed by atoms with Gasteiger partial charge in [-0.05, 0) is 37.4 Å². The summed E-state index contributed by atoms with van der Waals surface area (Å²) in [7, 11) is 0. The SMILES string of the molecule is NCCc1ccccc1C(=O)NCCCCCC(=O)O. The van der Waals surface area contributed by atoms with Crippen molar-refractivity contribution in [2.24, 2.45) is 5.73 Å². The van der Waals surface area contributed by atoms with Crippen LogP contribution < -0.4 is 11.1 Å². The molecule has 0 heterocycles. The number of carbonyl (C=O) groups excluding carboxylic acids is 1. The highest BCUT2D eigenvalue weighted by Crippen LogP contribution is 2.09. The third kappa shape index (κ3) is 5.84. The monoisotopic (exact) mass is 278 g/mol. The summed E-state index contributed by atoms with van der Waals surface area (Å²) < 4.78 is 0. The van der Waals surface area contributed by atoms with Gasteiger partial charge < -0.3 is 16.2 Å². The lowest BCUT2D eigenvalue weighted by molar-refractivity contribution is -0.137. The van der Waals surface area contributed by atoms with Gasteiger partial charge in [-0.25, -0.2) is 0 Å². The van der Waals surface area contributed by atoms with Gasteiger partial charge in [-0.15, -0.1) is 0 Å². The molecule has 1 amide bonds. The van der Waals surface area contributed by atoms with E-state index in [-0.39, 0.29) is 12.3 Å². The second-order valence-electron chi connectivity index (χ2n) is 4.66. The number of amides is 1. The maximum Gasteiger partial charge on any atom is 0.303 e. The number of carbonyl (C=O) groups is 2. The second kappa shape index (κ2) is 9.09. The molecule has 1 aromatic carbocycles. The number of unbranched alkanes of at least 4 members (excludes halogenated alkanes) is 2. The normalized spacial score (nSPS) is 10.2. The van der Waals surface area contributed by atoms with Crippen LogP contribution in [0.15, 0.2) is 24.3 Å². The lowest BCUT2D eigenvalue weighted by Crippen LogP contribution is -2.26. The summed E-state index contributed by atoms with van der Waals surface area (Å²) >= 11 is 0. The van der Waals surface area contributed by atoms with Gasteiger partial charge in [-0.3, -0.25) is 9.59 Å². The van der Waals surface area contributed by atoms with Gasteiger partial charge in [0.2, 0.25) is 0 Å². The fourth-order valence-corrected chi connectivity index (χ4v) is 1.99. The smallest absolute Gasteiger partial charge is 0.303 e. The van der Waals surface area contributed by atoms with Crippen molar-refractivity contribution in [1.82, 2.24) is 5.32 Å². The Kier molecular flexibility index (Phi) is 7.35. The Morgan fingerprint density at radius 1 is 1.15 bits per heavy atom. The van der Waals surface area contributed by atoms with Gasteiger partial charge >= 0.3 is 5.97 Å². The minimum Gasteiger partial charge on any atom is -0.481 e. The Morgan fingerprint density at radius 2 is 1.90 bits per heavy atom. The number of hydrogen-bond acceptors (Lipinski definition) is 3. The average molecular weight is 278 g/mol. The van der Waals surface area contributed by atoms with Crippen molar-refractivity contribution < 1.29 is 14.7 Å². The van der Waals surface area contributed by atoms with Crippen molar-refractivity contribution in [3.63, 3.8) is 0 Å². The van der Waals surface area contributed by atoms with Crippen molar-refractivity contribution in [2.75, 3.05) is 13.1 Å². The number of nitrogens with one attached hydrogen (secondary N) is 1. The Labute approximate surface area is 119 Å². The van der Waals surface area contributed by atoms with E-state index < -0.39 is 5.97 Å². The first-order chi connectivity index (χ1) is 9.65. The van der Waals surface area contributed by atoms with Crippen LogP contribution in [0.3, 0.4) is 0 Å². The molecule has 5 heteroatoms. The predicted molar refractivity (Wildman–Crippen MR) is 77.6 cm³/mol.